The largest absolute Gasteiger partial charge is 0.376 e. The highest BCUT2D eigenvalue weighted by molar-refractivity contribution is 5.94. The van der Waals surface area contributed by atoms with Gasteiger partial charge in [-0.1, -0.05) is 5.21 Å². The summed E-state index contributed by atoms with van der Waals surface area (Å²) in [6.45, 7) is 3.28. The van der Waals surface area contributed by atoms with Crippen LogP contribution in [0.5, 0.6) is 0 Å². The second-order valence-corrected chi connectivity index (χ2v) is 9.61. The van der Waals surface area contributed by atoms with Crippen LogP contribution in [0.15, 0.2) is 24.7 Å². The van der Waals surface area contributed by atoms with Gasteiger partial charge in [-0.3, -0.25) is 4.79 Å². The number of fused-ring (bicyclic) bond motifs is 1. The van der Waals surface area contributed by atoms with Gasteiger partial charge in [0.25, 0.3) is 5.91 Å². The topological polar surface area (TPSA) is 79.3 Å². The van der Waals surface area contributed by atoms with E-state index in [1.165, 1.54) is 12.8 Å². The van der Waals surface area contributed by atoms with Crippen LogP contribution in [0.3, 0.4) is 0 Å². The lowest BCUT2D eigenvalue weighted by Gasteiger charge is -2.37. The minimum absolute atomic E-state index is 0.131. The maximum Gasteiger partial charge on any atom is 0.255 e. The zero-order chi connectivity index (χ0) is 20.7. The molecule has 2 aliphatic carbocycles. The number of amides is 1. The summed E-state index contributed by atoms with van der Waals surface area (Å²) >= 11 is 0. The monoisotopic (exact) mass is 412 g/mol. The molecule has 8 nitrogen and oxygen atoms in total. The number of carbonyl (C=O) groups excluding carboxylic acids is 1. The molecule has 1 amide bonds. The van der Waals surface area contributed by atoms with Crippen molar-refractivity contribution >= 4 is 5.91 Å². The SMILES string of the molecule is CN(C)Cc1cn([C@@H]2C[C@@H]3CN(C(=O)c4cc[nH]c4)C[C@@H]3C[C@H]2OCC2CC2)nn1. The van der Waals surface area contributed by atoms with Gasteiger partial charge >= 0.3 is 0 Å². The zero-order valence-corrected chi connectivity index (χ0v) is 17.9. The Morgan fingerprint density at radius 3 is 2.77 bits per heavy atom. The maximum absolute atomic E-state index is 12.9. The molecule has 5 rings (SSSR count). The highest BCUT2D eigenvalue weighted by Crippen LogP contribution is 2.43. The number of likely N-dealkylation sites (tertiary alicyclic amines) is 1. The van der Waals surface area contributed by atoms with Crippen molar-refractivity contribution < 1.29 is 9.53 Å². The van der Waals surface area contributed by atoms with E-state index in [9.17, 15) is 4.79 Å². The lowest BCUT2D eigenvalue weighted by molar-refractivity contribution is -0.0375. The Morgan fingerprint density at radius 1 is 1.27 bits per heavy atom. The molecule has 30 heavy (non-hydrogen) atoms. The fourth-order valence-electron chi connectivity index (χ4n) is 5.07. The summed E-state index contributed by atoms with van der Waals surface area (Å²) in [5.41, 5.74) is 1.73. The highest BCUT2D eigenvalue weighted by atomic mass is 16.5. The Morgan fingerprint density at radius 2 is 2.07 bits per heavy atom. The predicted octanol–water partition coefficient (Wildman–Crippen LogP) is 2.19. The van der Waals surface area contributed by atoms with E-state index in [-0.39, 0.29) is 18.1 Å². The third kappa shape index (κ3) is 4.16. The predicted molar refractivity (Wildman–Crippen MR) is 112 cm³/mol. The van der Waals surface area contributed by atoms with Crippen molar-refractivity contribution in [3.63, 3.8) is 0 Å². The van der Waals surface area contributed by atoms with E-state index in [0.29, 0.717) is 11.8 Å². The van der Waals surface area contributed by atoms with E-state index < -0.39 is 0 Å². The summed E-state index contributed by atoms with van der Waals surface area (Å²) in [7, 11) is 4.08. The number of ether oxygens (including phenoxy) is 1. The van der Waals surface area contributed by atoms with E-state index in [1.54, 1.807) is 6.20 Å². The van der Waals surface area contributed by atoms with Gasteiger partial charge < -0.3 is 19.5 Å². The van der Waals surface area contributed by atoms with Crippen molar-refractivity contribution in [1.29, 1.82) is 0 Å². The molecular formula is C22H32N6O2. The number of hydrogen-bond acceptors (Lipinski definition) is 5. The van der Waals surface area contributed by atoms with Crippen LogP contribution in [-0.2, 0) is 11.3 Å². The van der Waals surface area contributed by atoms with E-state index in [0.717, 1.165) is 56.3 Å². The van der Waals surface area contributed by atoms with E-state index in [1.807, 2.05) is 35.9 Å². The van der Waals surface area contributed by atoms with Crippen molar-refractivity contribution in [3.8, 4) is 0 Å². The summed E-state index contributed by atoms with van der Waals surface area (Å²) < 4.78 is 8.46. The van der Waals surface area contributed by atoms with Crippen LogP contribution in [0.2, 0.25) is 0 Å². The van der Waals surface area contributed by atoms with E-state index in [2.05, 4.69) is 26.4 Å². The molecule has 162 valence electrons. The van der Waals surface area contributed by atoms with Gasteiger partial charge in [-0.05, 0) is 63.6 Å². The van der Waals surface area contributed by atoms with Gasteiger partial charge in [0.1, 0.15) is 0 Å². The van der Waals surface area contributed by atoms with Gasteiger partial charge in [0.15, 0.2) is 0 Å². The van der Waals surface area contributed by atoms with Gasteiger partial charge in [-0.15, -0.1) is 5.10 Å². The molecule has 1 saturated heterocycles. The van der Waals surface area contributed by atoms with Crippen LogP contribution >= 0.6 is 0 Å². The fourth-order valence-corrected chi connectivity index (χ4v) is 5.07. The lowest BCUT2D eigenvalue weighted by atomic mass is 9.77. The van der Waals surface area contributed by atoms with Crippen LogP contribution in [0, 0.1) is 17.8 Å². The molecule has 4 atom stereocenters. The number of hydrogen-bond donors (Lipinski definition) is 1. The van der Waals surface area contributed by atoms with Crippen LogP contribution < -0.4 is 0 Å². The van der Waals surface area contributed by atoms with Crippen molar-refractivity contribution in [3.05, 3.63) is 35.9 Å². The average Bonchev–Trinajstić information content (AvgIpc) is 3.13. The molecule has 0 radical (unpaired) electrons. The van der Waals surface area contributed by atoms with Crippen LogP contribution in [-0.4, -0.2) is 75.6 Å². The molecular weight excluding hydrogens is 380 g/mol. The first-order valence-electron chi connectivity index (χ1n) is 11.2. The molecule has 3 aliphatic rings. The van der Waals surface area contributed by atoms with Crippen LogP contribution in [0.1, 0.15) is 47.8 Å². The molecule has 2 saturated carbocycles. The quantitative estimate of drug-likeness (QED) is 0.754. The number of H-pyrrole nitrogens is 1. The summed E-state index contributed by atoms with van der Waals surface area (Å²) in [6, 6.07) is 2.05. The first-order chi connectivity index (χ1) is 14.6. The molecule has 2 aromatic heterocycles. The maximum atomic E-state index is 12.9. The summed E-state index contributed by atoms with van der Waals surface area (Å²) in [4.78, 5) is 20.0. The molecule has 3 fully saturated rings. The Hall–Kier alpha value is -2.19. The van der Waals surface area contributed by atoms with Crippen molar-refractivity contribution in [1.82, 2.24) is 29.8 Å². The van der Waals surface area contributed by atoms with Crippen molar-refractivity contribution in [2.75, 3.05) is 33.8 Å². The minimum atomic E-state index is 0.131. The van der Waals surface area contributed by atoms with Gasteiger partial charge in [-0.25, -0.2) is 4.68 Å². The molecule has 1 N–H and O–H groups in total. The summed E-state index contributed by atoms with van der Waals surface area (Å²) in [5, 5.41) is 8.85. The molecule has 0 unspecified atom stereocenters. The van der Waals surface area contributed by atoms with E-state index >= 15 is 0 Å². The number of rotatable bonds is 7. The Labute approximate surface area is 177 Å². The van der Waals surface area contributed by atoms with Crippen molar-refractivity contribution in [2.45, 2.75) is 44.4 Å². The number of nitrogens with zero attached hydrogens (tertiary/aromatic N) is 5. The third-order valence-electron chi connectivity index (χ3n) is 6.84. The molecule has 2 aromatic rings. The van der Waals surface area contributed by atoms with Gasteiger partial charge in [-0.2, -0.15) is 0 Å². The number of carbonyl (C=O) groups is 1. The van der Waals surface area contributed by atoms with Gasteiger partial charge in [0, 0.05) is 38.6 Å². The fraction of sp³-hybridized carbons (Fsp3) is 0.682. The Kier molecular flexibility index (Phi) is 5.37. The second-order valence-electron chi connectivity index (χ2n) is 9.61. The van der Waals surface area contributed by atoms with Crippen LogP contribution in [0.25, 0.3) is 0 Å². The van der Waals surface area contributed by atoms with Gasteiger partial charge in [0.2, 0.25) is 0 Å². The average molecular weight is 413 g/mol. The van der Waals surface area contributed by atoms with E-state index in [4.69, 9.17) is 4.74 Å². The Balaban J connectivity index is 1.31. The molecule has 3 heterocycles. The summed E-state index contributed by atoms with van der Waals surface area (Å²) in [6.07, 6.45) is 10.4. The van der Waals surface area contributed by atoms with Crippen LogP contribution in [0.4, 0.5) is 0 Å². The molecule has 8 heteroatoms. The normalized spacial score (nSPS) is 28.8. The van der Waals surface area contributed by atoms with Gasteiger partial charge in [0.05, 0.1) is 29.6 Å². The zero-order valence-electron chi connectivity index (χ0n) is 17.9. The molecule has 0 aromatic carbocycles. The first kappa shape index (κ1) is 19.8. The Bertz CT molecular complexity index is 859. The first-order valence-corrected chi connectivity index (χ1v) is 11.2. The smallest absolute Gasteiger partial charge is 0.255 e. The molecule has 0 bridgehead atoms. The third-order valence-corrected chi connectivity index (χ3v) is 6.84. The number of aromatic nitrogens is 4. The summed E-state index contributed by atoms with van der Waals surface area (Å²) in [5.74, 6) is 1.85. The molecule has 0 spiro atoms. The minimum Gasteiger partial charge on any atom is -0.376 e. The molecule has 1 aliphatic heterocycles. The van der Waals surface area contributed by atoms with Crippen molar-refractivity contribution in [2.24, 2.45) is 17.8 Å². The standard InChI is InChI=1S/C22H32N6O2/c1-26(2)12-19-13-28(25-24-19)20-7-17-10-27(22(29)16-5-6-23-9-16)11-18(17)8-21(20)30-14-15-3-4-15/h5-6,9,13,15,17-18,20-21,23H,3-4,7-8,10-12,14H2,1-2H3/t17-,18+,20-,21-/m1/s1. The second kappa shape index (κ2) is 8.15. The highest BCUT2D eigenvalue weighted by Gasteiger charge is 2.45. The lowest BCUT2D eigenvalue weighted by Crippen LogP contribution is -2.38. The number of aromatic amines is 1. The number of nitrogens with one attached hydrogen (secondary N) is 1.